The maximum absolute atomic E-state index is 13.1. The van der Waals surface area contributed by atoms with E-state index >= 15 is 0 Å². The lowest BCUT2D eigenvalue weighted by Gasteiger charge is -2.19. The minimum Gasteiger partial charge on any atom is -0.494 e. The van der Waals surface area contributed by atoms with Gasteiger partial charge in [0.1, 0.15) is 22.6 Å². The van der Waals surface area contributed by atoms with Gasteiger partial charge in [-0.15, -0.1) is 0 Å². The molecule has 0 aliphatic heterocycles. The number of allylic oxidation sites excluding steroid dienone is 1. The Morgan fingerprint density at radius 2 is 1.95 bits per heavy atom. The predicted molar refractivity (Wildman–Crippen MR) is 141 cm³/mol. The third-order valence-corrected chi connectivity index (χ3v) is 6.11. The molecule has 0 aliphatic carbocycles. The Balaban J connectivity index is 2.01. The average Bonchev–Trinajstić information content (AvgIpc) is 3.36. The molecule has 2 aromatic heterocycles. The van der Waals surface area contributed by atoms with Crippen LogP contribution in [0.5, 0.6) is 5.75 Å². The number of aromatic nitrogens is 3. The van der Waals surface area contributed by atoms with Gasteiger partial charge in [-0.2, -0.15) is 10.1 Å². The van der Waals surface area contributed by atoms with Gasteiger partial charge in [0, 0.05) is 25.2 Å². The molecule has 3 aromatic rings. The van der Waals surface area contributed by atoms with Crippen LogP contribution in [0.2, 0.25) is 0 Å². The number of fused-ring (bicyclic) bond motifs is 1. The third kappa shape index (κ3) is 6.85. The first-order valence-corrected chi connectivity index (χ1v) is 12.5. The van der Waals surface area contributed by atoms with E-state index in [2.05, 4.69) is 15.4 Å². The van der Waals surface area contributed by atoms with E-state index in [1.807, 2.05) is 24.5 Å². The van der Waals surface area contributed by atoms with Crippen LogP contribution >= 0.6 is 11.3 Å². The average molecular weight is 529 g/mol. The van der Waals surface area contributed by atoms with Crippen molar-refractivity contribution in [2.45, 2.75) is 53.3 Å². The fourth-order valence-corrected chi connectivity index (χ4v) is 4.64. The van der Waals surface area contributed by atoms with Gasteiger partial charge in [-0.05, 0) is 52.8 Å². The van der Waals surface area contributed by atoms with Crippen molar-refractivity contribution in [1.29, 1.82) is 0 Å². The summed E-state index contributed by atoms with van der Waals surface area (Å²) in [6.07, 6.45) is 3.08. The van der Waals surface area contributed by atoms with Crippen LogP contribution in [0.3, 0.4) is 0 Å². The summed E-state index contributed by atoms with van der Waals surface area (Å²) in [5.74, 6) is -0.608. The maximum atomic E-state index is 13.1. The number of aryl methyl sites for hydroxylation is 2. The van der Waals surface area contributed by atoms with Crippen LogP contribution in [-0.2, 0) is 17.8 Å². The number of thiazole rings is 1. The summed E-state index contributed by atoms with van der Waals surface area (Å²) < 4.78 is 14.9. The summed E-state index contributed by atoms with van der Waals surface area (Å²) in [5.41, 5.74) is 6.96. The molecule has 3 rings (SSSR count). The van der Waals surface area contributed by atoms with Gasteiger partial charge in [0.05, 0.1) is 17.5 Å². The molecule has 0 fully saturated rings. The van der Waals surface area contributed by atoms with Gasteiger partial charge < -0.3 is 25.1 Å². The normalized spacial score (nSPS) is 12.3. The molecule has 0 bridgehead atoms. The van der Waals surface area contributed by atoms with Crippen LogP contribution < -0.4 is 20.6 Å². The molecular weight excluding hydrogens is 496 g/mol. The Hall–Kier alpha value is -3.93. The number of nitrogens with two attached hydrogens (primary N) is 1. The minimum atomic E-state index is -0.592. The Labute approximate surface area is 218 Å². The lowest BCUT2D eigenvalue weighted by atomic mass is 10.2. The van der Waals surface area contributed by atoms with Crippen LogP contribution in [0, 0.1) is 6.92 Å². The molecule has 0 aliphatic rings. The van der Waals surface area contributed by atoms with Crippen LogP contribution in [0.4, 0.5) is 4.79 Å². The molecule has 0 atom stereocenters. The highest BCUT2D eigenvalue weighted by atomic mass is 32.1. The van der Waals surface area contributed by atoms with Crippen molar-refractivity contribution < 1.29 is 23.9 Å². The molecule has 37 heavy (non-hydrogen) atoms. The van der Waals surface area contributed by atoms with Gasteiger partial charge in [0.15, 0.2) is 4.80 Å². The number of hydrogen-bond donors (Lipinski definition) is 2. The summed E-state index contributed by atoms with van der Waals surface area (Å²) in [6, 6.07) is 4.91. The predicted octanol–water partition coefficient (Wildman–Crippen LogP) is 3.16. The summed E-state index contributed by atoms with van der Waals surface area (Å²) in [5, 5.41) is 6.99. The van der Waals surface area contributed by atoms with Crippen molar-refractivity contribution in [3.8, 4) is 5.75 Å². The second-order valence-electron chi connectivity index (χ2n) is 9.14. The van der Waals surface area contributed by atoms with Crippen molar-refractivity contribution in [3.63, 3.8) is 0 Å². The van der Waals surface area contributed by atoms with E-state index in [0.29, 0.717) is 39.6 Å². The highest BCUT2D eigenvalue weighted by molar-refractivity contribution is 7.16. The summed E-state index contributed by atoms with van der Waals surface area (Å²) in [6.45, 7) is 10.2. The summed E-state index contributed by atoms with van der Waals surface area (Å²) in [4.78, 5) is 41.6. The molecule has 11 nitrogen and oxygen atoms in total. The largest absolute Gasteiger partial charge is 0.494 e. The van der Waals surface area contributed by atoms with Crippen molar-refractivity contribution in [3.05, 3.63) is 52.1 Å². The number of hydrogen-bond acceptors (Lipinski definition) is 7. The smallest absolute Gasteiger partial charge is 0.407 e. The minimum absolute atomic E-state index is 0.251. The molecule has 12 heteroatoms. The molecule has 3 amide bonds. The SMILES string of the molecule is CCn1nc(C)cc1C(=O)/N=c1\sc2cc(C(N)=O)cc(OC)c2n1C/C=C/CNC(=O)OC(C)(C)C. The lowest BCUT2D eigenvalue weighted by Crippen LogP contribution is -2.32. The number of rotatable bonds is 8. The highest BCUT2D eigenvalue weighted by Gasteiger charge is 2.18. The molecular formula is C25H32N6O5S. The van der Waals surface area contributed by atoms with Crippen LogP contribution in [0.15, 0.2) is 35.3 Å². The monoisotopic (exact) mass is 528 g/mol. The molecule has 0 spiro atoms. The fourth-order valence-electron chi connectivity index (χ4n) is 3.55. The van der Waals surface area contributed by atoms with Crippen LogP contribution in [-0.4, -0.2) is 51.5 Å². The highest BCUT2D eigenvalue weighted by Crippen LogP contribution is 2.29. The molecule has 0 saturated heterocycles. The van der Waals surface area contributed by atoms with Crippen LogP contribution in [0.25, 0.3) is 10.2 Å². The number of nitrogens with zero attached hydrogens (tertiary/aromatic N) is 4. The zero-order chi connectivity index (χ0) is 27.3. The first-order valence-electron chi connectivity index (χ1n) is 11.7. The Morgan fingerprint density at radius 1 is 1.22 bits per heavy atom. The number of carbonyl (C=O) groups excluding carboxylic acids is 3. The number of benzene rings is 1. The first-order chi connectivity index (χ1) is 17.4. The van der Waals surface area contributed by atoms with Gasteiger partial charge in [-0.3, -0.25) is 14.3 Å². The molecule has 0 saturated carbocycles. The van der Waals surface area contributed by atoms with Crippen molar-refractivity contribution in [1.82, 2.24) is 19.7 Å². The van der Waals surface area contributed by atoms with Crippen molar-refractivity contribution in [2.24, 2.45) is 10.7 Å². The number of ether oxygens (including phenoxy) is 2. The molecule has 3 N–H and O–H groups in total. The van der Waals surface area contributed by atoms with E-state index in [4.69, 9.17) is 15.2 Å². The molecule has 2 heterocycles. The van der Waals surface area contributed by atoms with Gasteiger partial charge >= 0.3 is 6.09 Å². The van der Waals surface area contributed by atoms with Gasteiger partial charge in [0.2, 0.25) is 5.91 Å². The van der Waals surface area contributed by atoms with Gasteiger partial charge in [-0.1, -0.05) is 23.5 Å². The zero-order valence-electron chi connectivity index (χ0n) is 21.8. The Morgan fingerprint density at radius 3 is 2.57 bits per heavy atom. The fraction of sp³-hybridized carbons (Fsp3) is 0.400. The molecule has 0 unspecified atom stereocenters. The second kappa shape index (κ2) is 11.4. The number of alkyl carbamates (subject to hydrolysis) is 1. The maximum Gasteiger partial charge on any atom is 0.407 e. The Kier molecular flexibility index (Phi) is 8.53. The van der Waals surface area contributed by atoms with E-state index in [1.54, 1.807) is 49.7 Å². The number of carbonyl (C=O) groups is 3. The molecule has 0 radical (unpaired) electrons. The standard InChI is InChI=1S/C25H32N6O5S/c1-7-31-17(12-15(2)29-31)22(33)28-23-30(11-9-8-10-27-24(34)36-25(3,4)5)20-18(35-6)13-16(21(26)32)14-19(20)37-23/h8-9,12-14H,7,10-11H2,1-6H3,(H2,26,32)(H,27,34)/b9-8+,28-23-. The van der Waals surface area contributed by atoms with E-state index in [-0.39, 0.29) is 12.1 Å². The molecule has 198 valence electrons. The first kappa shape index (κ1) is 27.7. The summed E-state index contributed by atoms with van der Waals surface area (Å²) in [7, 11) is 1.49. The van der Waals surface area contributed by atoms with Crippen LogP contribution in [0.1, 0.15) is 54.2 Å². The summed E-state index contributed by atoms with van der Waals surface area (Å²) >= 11 is 1.24. The van der Waals surface area contributed by atoms with E-state index in [0.717, 1.165) is 5.69 Å². The lowest BCUT2D eigenvalue weighted by molar-refractivity contribution is 0.0533. The van der Waals surface area contributed by atoms with Gasteiger partial charge in [0.25, 0.3) is 5.91 Å². The topological polar surface area (TPSA) is 143 Å². The Bertz CT molecular complexity index is 1420. The van der Waals surface area contributed by atoms with Crippen molar-refractivity contribution >= 4 is 39.5 Å². The van der Waals surface area contributed by atoms with Gasteiger partial charge in [-0.25, -0.2) is 4.79 Å². The van der Waals surface area contributed by atoms with Crippen molar-refractivity contribution in [2.75, 3.05) is 13.7 Å². The van der Waals surface area contributed by atoms with E-state index < -0.39 is 23.5 Å². The quantitative estimate of drug-likeness (QED) is 0.430. The number of primary amides is 1. The van der Waals surface area contributed by atoms with E-state index in [9.17, 15) is 14.4 Å². The zero-order valence-corrected chi connectivity index (χ0v) is 22.6. The van der Waals surface area contributed by atoms with E-state index in [1.165, 1.54) is 18.4 Å². The second-order valence-corrected chi connectivity index (χ2v) is 10.2. The third-order valence-electron chi connectivity index (χ3n) is 5.08. The molecule has 1 aromatic carbocycles. The number of nitrogens with one attached hydrogen (secondary N) is 1. The number of methoxy groups -OCH3 is 1. The number of amides is 3.